The molecule has 1 N–H and O–H groups in total. The Bertz CT molecular complexity index is 373. The molecule has 2 aliphatic heterocycles. The number of amides is 1. The molecule has 2 heterocycles. The van der Waals surface area contributed by atoms with E-state index in [1.54, 1.807) is 23.6 Å². The van der Waals surface area contributed by atoms with E-state index in [1.807, 2.05) is 6.92 Å². The van der Waals surface area contributed by atoms with Crippen LogP contribution in [0.4, 0.5) is 0 Å². The van der Waals surface area contributed by atoms with E-state index in [9.17, 15) is 9.59 Å². The van der Waals surface area contributed by atoms with Crippen molar-refractivity contribution in [1.29, 1.82) is 0 Å². The van der Waals surface area contributed by atoms with Gasteiger partial charge in [0.2, 0.25) is 5.91 Å². The largest absolute Gasteiger partial charge is 0.464 e. The van der Waals surface area contributed by atoms with Crippen molar-refractivity contribution in [3.8, 4) is 0 Å². The van der Waals surface area contributed by atoms with Crippen molar-refractivity contribution in [2.75, 3.05) is 44.4 Å². The quantitative estimate of drug-likeness (QED) is 0.714. The van der Waals surface area contributed by atoms with Crippen LogP contribution in [0.25, 0.3) is 0 Å². The maximum atomic E-state index is 12.3. The van der Waals surface area contributed by atoms with E-state index < -0.39 is 6.04 Å². The molecule has 0 aromatic carbocycles. The average molecular weight is 302 g/mol. The van der Waals surface area contributed by atoms with Crippen LogP contribution in [0.1, 0.15) is 13.8 Å². The minimum absolute atomic E-state index is 0.0265. The molecule has 20 heavy (non-hydrogen) atoms. The van der Waals surface area contributed by atoms with Crippen LogP contribution in [0.15, 0.2) is 0 Å². The van der Waals surface area contributed by atoms with Gasteiger partial charge in [-0.2, -0.15) is 11.8 Å². The average Bonchev–Trinajstić information content (AvgIpc) is 2.43. The molecular weight excluding hydrogens is 280 g/mol. The van der Waals surface area contributed by atoms with Gasteiger partial charge in [0.05, 0.1) is 12.2 Å². The fourth-order valence-electron chi connectivity index (χ4n) is 2.23. The van der Waals surface area contributed by atoms with Gasteiger partial charge in [-0.25, -0.2) is 4.79 Å². The number of carbonyl (C=O) groups is 2. The lowest BCUT2D eigenvalue weighted by Gasteiger charge is -2.40. The standard InChI is InChI=1S/C13H22N2O4S/c1-3-18-12(17)10-7-20-5-4-15(10)11(16)6-19-13(2)8-14-9-13/h10,14H,3-9H2,1-2H3. The van der Waals surface area contributed by atoms with Gasteiger partial charge in [0.15, 0.2) is 0 Å². The van der Waals surface area contributed by atoms with E-state index in [1.165, 1.54) is 0 Å². The summed E-state index contributed by atoms with van der Waals surface area (Å²) in [6.45, 7) is 6.21. The lowest BCUT2D eigenvalue weighted by Crippen LogP contribution is -2.60. The molecule has 0 aromatic heterocycles. The molecule has 0 spiro atoms. The highest BCUT2D eigenvalue weighted by molar-refractivity contribution is 7.99. The first kappa shape index (κ1) is 15.6. The molecule has 2 aliphatic rings. The van der Waals surface area contributed by atoms with E-state index in [2.05, 4.69) is 5.32 Å². The van der Waals surface area contributed by atoms with Crippen LogP contribution in [0, 0.1) is 0 Å². The molecule has 0 radical (unpaired) electrons. The topological polar surface area (TPSA) is 67.9 Å². The van der Waals surface area contributed by atoms with Crippen molar-refractivity contribution < 1.29 is 19.1 Å². The molecule has 1 amide bonds. The second kappa shape index (κ2) is 6.78. The summed E-state index contributed by atoms with van der Waals surface area (Å²) in [5.74, 6) is 1.00. The predicted molar refractivity (Wildman–Crippen MR) is 76.7 cm³/mol. The third-order valence-electron chi connectivity index (χ3n) is 3.55. The van der Waals surface area contributed by atoms with E-state index in [0.717, 1.165) is 18.8 Å². The molecule has 2 saturated heterocycles. The van der Waals surface area contributed by atoms with Gasteiger partial charge in [0, 0.05) is 31.1 Å². The van der Waals surface area contributed by atoms with Gasteiger partial charge < -0.3 is 19.7 Å². The number of carbonyl (C=O) groups excluding carboxylic acids is 2. The van der Waals surface area contributed by atoms with Crippen molar-refractivity contribution in [3.05, 3.63) is 0 Å². The Morgan fingerprint density at radius 3 is 2.80 bits per heavy atom. The first-order valence-electron chi connectivity index (χ1n) is 6.94. The summed E-state index contributed by atoms with van der Waals surface area (Å²) in [6.07, 6.45) is 0. The van der Waals surface area contributed by atoms with Crippen molar-refractivity contribution in [1.82, 2.24) is 10.2 Å². The molecule has 0 aliphatic carbocycles. The van der Waals surface area contributed by atoms with E-state index in [0.29, 0.717) is 18.9 Å². The van der Waals surface area contributed by atoms with Crippen LogP contribution in [-0.4, -0.2) is 72.8 Å². The summed E-state index contributed by atoms with van der Waals surface area (Å²) in [7, 11) is 0. The van der Waals surface area contributed by atoms with Gasteiger partial charge in [-0.3, -0.25) is 4.79 Å². The van der Waals surface area contributed by atoms with Crippen LogP contribution in [-0.2, 0) is 19.1 Å². The van der Waals surface area contributed by atoms with Crippen LogP contribution in [0.3, 0.4) is 0 Å². The fraction of sp³-hybridized carbons (Fsp3) is 0.846. The van der Waals surface area contributed by atoms with Crippen LogP contribution in [0.5, 0.6) is 0 Å². The summed E-state index contributed by atoms with van der Waals surface area (Å²) in [5, 5.41) is 3.12. The monoisotopic (exact) mass is 302 g/mol. The first-order valence-corrected chi connectivity index (χ1v) is 8.10. The molecular formula is C13H22N2O4S. The predicted octanol–water partition coefficient (Wildman–Crippen LogP) is -0.128. The molecule has 0 saturated carbocycles. The number of ether oxygens (including phenoxy) is 2. The highest BCUT2D eigenvalue weighted by Gasteiger charge is 2.37. The van der Waals surface area contributed by atoms with E-state index in [4.69, 9.17) is 9.47 Å². The second-order valence-electron chi connectivity index (χ2n) is 5.27. The van der Waals surface area contributed by atoms with Crippen molar-refractivity contribution in [3.63, 3.8) is 0 Å². The lowest BCUT2D eigenvalue weighted by molar-refractivity contribution is -0.158. The Balaban J connectivity index is 1.89. The zero-order valence-corrected chi connectivity index (χ0v) is 12.8. The molecule has 2 fully saturated rings. The number of hydrogen-bond donors (Lipinski definition) is 1. The maximum absolute atomic E-state index is 12.3. The lowest BCUT2D eigenvalue weighted by atomic mass is 10.0. The molecule has 0 aromatic rings. The SMILES string of the molecule is CCOC(=O)C1CSCCN1C(=O)COC1(C)CNC1. The highest BCUT2D eigenvalue weighted by Crippen LogP contribution is 2.20. The van der Waals surface area contributed by atoms with Crippen LogP contribution in [0.2, 0.25) is 0 Å². The molecule has 1 atom stereocenters. The van der Waals surface area contributed by atoms with Gasteiger partial charge in [-0.1, -0.05) is 0 Å². The van der Waals surface area contributed by atoms with Crippen molar-refractivity contribution >= 4 is 23.6 Å². The second-order valence-corrected chi connectivity index (χ2v) is 6.42. The first-order chi connectivity index (χ1) is 9.56. The van der Waals surface area contributed by atoms with Crippen molar-refractivity contribution in [2.45, 2.75) is 25.5 Å². The van der Waals surface area contributed by atoms with E-state index >= 15 is 0 Å². The summed E-state index contributed by atoms with van der Waals surface area (Å²) in [5.41, 5.74) is -0.250. The number of esters is 1. The van der Waals surface area contributed by atoms with Crippen LogP contribution < -0.4 is 5.32 Å². The Hall–Kier alpha value is -0.790. The summed E-state index contributed by atoms with van der Waals surface area (Å²) in [4.78, 5) is 25.8. The molecule has 1 unspecified atom stereocenters. The highest BCUT2D eigenvalue weighted by atomic mass is 32.2. The molecule has 114 valence electrons. The number of nitrogens with one attached hydrogen (secondary N) is 1. The molecule has 2 rings (SSSR count). The Kier molecular flexibility index (Phi) is 5.29. The number of hydrogen-bond acceptors (Lipinski definition) is 6. The normalized spacial score (nSPS) is 24.9. The van der Waals surface area contributed by atoms with Gasteiger partial charge in [0.1, 0.15) is 12.6 Å². The van der Waals surface area contributed by atoms with E-state index in [-0.39, 0.29) is 24.1 Å². The Labute approximate surface area is 123 Å². The Morgan fingerprint density at radius 2 is 2.20 bits per heavy atom. The minimum atomic E-state index is -0.475. The number of nitrogens with zero attached hydrogens (tertiary/aromatic N) is 1. The summed E-state index contributed by atoms with van der Waals surface area (Å²) < 4.78 is 10.7. The van der Waals surface area contributed by atoms with Crippen molar-refractivity contribution in [2.24, 2.45) is 0 Å². The van der Waals surface area contributed by atoms with Gasteiger partial charge in [0.25, 0.3) is 0 Å². The molecule has 6 nitrogen and oxygen atoms in total. The van der Waals surface area contributed by atoms with Crippen LogP contribution >= 0.6 is 11.8 Å². The number of rotatable bonds is 5. The fourth-order valence-corrected chi connectivity index (χ4v) is 3.27. The third-order valence-corrected chi connectivity index (χ3v) is 4.57. The van der Waals surface area contributed by atoms with Gasteiger partial charge >= 0.3 is 5.97 Å². The minimum Gasteiger partial charge on any atom is -0.464 e. The van der Waals surface area contributed by atoms with Gasteiger partial charge in [-0.05, 0) is 13.8 Å². The van der Waals surface area contributed by atoms with Gasteiger partial charge in [-0.15, -0.1) is 0 Å². The summed E-state index contributed by atoms with van der Waals surface area (Å²) >= 11 is 1.67. The zero-order valence-electron chi connectivity index (χ0n) is 12.0. The smallest absolute Gasteiger partial charge is 0.329 e. The molecule has 7 heteroatoms. The molecule has 0 bridgehead atoms. The third kappa shape index (κ3) is 3.65. The number of thioether (sulfide) groups is 1. The summed E-state index contributed by atoms with van der Waals surface area (Å²) in [6, 6.07) is -0.475. The zero-order chi connectivity index (χ0) is 14.6. The maximum Gasteiger partial charge on any atom is 0.329 e. The Morgan fingerprint density at radius 1 is 1.45 bits per heavy atom.